The van der Waals surface area contributed by atoms with Crippen molar-refractivity contribution in [3.63, 3.8) is 0 Å². The van der Waals surface area contributed by atoms with E-state index >= 15 is 0 Å². The van der Waals surface area contributed by atoms with E-state index in [0.717, 1.165) is 6.08 Å². The monoisotopic (exact) mass is 388 g/mol. The molecule has 6 heteroatoms. The molecule has 0 amide bonds. The lowest BCUT2D eigenvalue weighted by Crippen LogP contribution is -2.02. The Kier molecular flexibility index (Phi) is 15.1. The predicted molar refractivity (Wildman–Crippen MR) is 111 cm³/mol. The predicted octanol–water partition coefficient (Wildman–Crippen LogP) is 4.50. The average Bonchev–Trinajstić information content (AvgIpc) is 2.68. The lowest BCUT2D eigenvalue weighted by molar-refractivity contribution is -0.136. The summed E-state index contributed by atoms with van der Waals surface area (Å²) in [4.78, 5) is 31.1. The standard InChI is InChI=1S/C9H12O4.C8H8.C5H8O2/c1-3-4-7(9(12)13)5-6(2)8(10)11;1-2-8-6-4-3-5-7-8;1-4(2)5(6)7-3/h4-5H,3H2,1-2H3,(H,10,11)(H,12,13);2-7H,1H2;1H2,2-3H3. The van der Waals surface area contributed by atoms with Crippen LogP contribution in [-0.4, -0.2) is 35.2 Å². The van der Waals surface area contributed by atoms with Gasteiger partial charge in [-0.15, -0.1) is 0 Å². The molecule has 0 heterocycles. The lowest BCUT2D eigenvalue weighted by atomic mass is 10.1. The normalized spacial score (nSPS) is 10.3. The Morgan fingerprint density at radius 2 is 1.61 bits per heavy atom. The fraction of sp³-hybridized carbons (Fsp3) is 0.227. The van der Waals surface area contributed by atoms with Crippen molar-refractivity contribution in [2.45, 2.75) is 27.2 Å². The zero-order valence-electron chi connectivity index (χ0n) is 16.8. The molecule has 0 saturated heterocycles. The van der Waals surface area contributed by atoms with Crippen molar-refractivity contribution in [3.05, 3.63) is 77.9 Å². The van der Waals surface area contributed by atoms with E-state index in [1.165, 1.54) is 25.7 Å². The number of esters is 1. The maximum atomic E-state index is 10.5. The van der Waals surface area contributed by atoms with Gasteiger partial charge in [-0.2, -0.15) is 0 Å². The number of benzene rings is 1. The van der Waals surface area contributed by atoms with Crippen LogP contribution in [0, 0.1) is 0 Å². The maximum absolute atomic E-state index is 10.5. The third-order valence-corrected chi connectivity index (χ3v) is 2.95. The number of hydrogen-bond donors (Lipinski definition) is 2. The first-order chi connectivity index (χ1) is 13.1. The van der Waals surface area contributed by atoms with Crippen molar-refractivity contribution in [1.82, 2.24) is 0 Å². The molecule has 0 radical (unpaired) electrons. The second kappa shape index (κ2) is 15.8. The van der Waals surface area contributed by atoms with Crippen molar-refractivity contribution in [3.8, 4) is 0 Å². The van der Waals surface area contributed by atoms with Crippen molar-refractivity contribution in [2.24, 2.45) is 0 Å². The van der Waals surface area contributed by atoms with Gasteiger partial charge >= 0.3 is 17.9 Å². The number of carboxylic acids is 2. The second-order valence-corrected chi connectivity index (χ2v) is 5.39. The number of hydrogen-bond acceptors (Lipinski definition) is 4. The molecule has 0 aliphatic heterocycles. The molecule has 0 aliphatic rings. The molecule has 2 N–H and O–H groups in total. The van der Waals surface area contributed by atoms with Crippen LogP contribution in [0.15, 0.2) is 72.4 Å². The largest absolute Gasteiger partial charge is 0.478 e. The Morgan fingerprint density at radius 3 is 1.86 bits per heavy atom. The van der Waals surface area contributed by atoms with Crippen LogP contribution < -0.4 is 0 Å². The molecular weight excluding hydrogens is 360 g/mol. The van der Waals surface area contributed by atoms with E-state index in [1.54, 1.807) is 13.8 Å². The summed E-state index contributed by atoms with van der Waals surface area (Å²) in [5.74, 6) is -2.56. The van der Waals surface area contributed by atoms with Gasteiger partial charge in [-0.05, 0) is 31.9 Å². The molecule has 1 aromatic carbocycles. The molecule has 1 aromatic rings. The highest BCUT2D eigenvalue weighted by atomic mass is 16.5. The van der Waals surface area contributed by atoms with E-state index in [-0.39, 0.29) is 17.1 Å². The number of ether oxygens (including phenoxy) is 1. The van der Waals surface area contributed by atoms with Crippen molar-refractivity contribution >= 4 is 24.0 Å². The van der Waals surface area contributed by atoms with E-state index in [0.29, 0.717) is 12.0 Å². The van der Waals surface area contributed by atoms with E-state index in [2.05, 4.69) is 17.9 Å². The van der Waals surface area contributed by atoms with Gasteiger partial charge in [0.2, 0.25) is 0 Å². The zero-order chi connectivity index (χ0) is 22.1. The van der Waals surface area contributed by atoms with E-state index in [4.69, 9.17) is 10.2 Å². The quantitative estimate of drug-likeness (QED) is 0.423. The third kappa shape index (κ3) is 13.8. The average molecular weight is 388 g/mol. The minimum absolute atomic E-state index is 0.0158. The number of aliphatic carboxylic acids is 2. The molecule has 0 saturated carbocycles. The fourth-order valence-corrected chi connectivity index (χ4v) is 1.49. The van der Waals surface area contributed by atoms with Gasteiger partial charge in [0.25, 0.3) is 0 Å². The first kappa shape index (κ1) is 26.8. The lowest BCUT2D eigenvalue weighted by Gasteiger charge is -1.95. The summed E-state index contributed by atoms with van der Waals surface area (Å²) in [5, 5.41) is 17.1. The van der Waals surface area contributed by atoms with Crippen LogP contribution >= 0.6 is 0 Å². The first-order valence-electron chi connectivity index (χ1n) is 8.36. The fourth-order valence-electron chi connectivity index (χ4n) is 1.49. The molecule has 1 rings (SSSR count). The van der Waals surface area contributed by atoms with Gasteiger partial charge < -0.3 is 14.9 Å². The minimum atomic E-state index is -1.11. The minimum Gasteiger partial charge on any atom is -0.478 e. The highest BCUT2D eigenvalue weighted by Gasteiger charge is 2.06. The van der Waals surface area contributed by atoms with Crippen LogP contribution in [0.25, 0.3) is 6.08 Å². The second-order valence-electron chi connectivity index (χ2n) is 5.39. The summed E-state index contributed by atoms with van der Waals surface area (Å²) in [6.45, 7) is 11.7. The smallest absolute Gasteiger partial charge is 0.335 e. The Balaban J connectivity index is 0. The van der Waals surface area contributed by atoms with E-state index in [9.17, 15) is 14.4 Å². The molecule has 152 valence electrons. The SMILES string of the molecule is C=C(C)C(=O)OC.C=Cc1ccccc1.CCC=C(C=C(C)C(=O)O)C(=O)O. The maximum Gasteiger partial charge on any atom is 0.335 e. The van der Waals surface area contributed by atoms with Gasteiger partial charge in [-0.25, -0.2) is 14.4 Å². The van der Waals surface area contributed by atoms with Crippen molar-refractivity contribution in [2.75, 3.05) is 7.11 Å². The van der Waals surface area contributed by atoms with Gasteiger partial charge in [-0.1, -0.05) is 62.6 Å². The van der Waals surface area contributed by atoms with Crippen LogP contribution in [0.1, 0.15) is 32.8 Å². The Labute approximate surface area is 166 Å². The molecule has 0 atom stereocenters. The zero-order valence-corrected chi connectivity index (χ0v) is 16.8. The number of carbonyl (C=O) groups is 3. The van der Waals surface area contributed by atoms with Gasteiger partial charge in [0.1, 0.15) is 0 Å². The Hall–Kier alpha value is -3.41. The molecule has 28 heavy (non-hydrogen) atoms. The summed E-state index contributed by atoms with van der Waals surface area (Å²) in [5.41, 5.74) is 1.64. The van der Waals surface area contributed by atoms with Crippen LogP contribution in [0.2, 0.25) is 0 Å². The van der Waals surface area contributed by atoms with Crippen LogP contribution in [0.3, 0.4) is 0 Å². The topological polar surface area (TPSA) is 101 Å². The van der Waals surface area contributed by atoms with Crippen molar-refractivity contribution < 1.29 is 29.3 Å². The van der Waals surface area contributed by atoms with Crippen molar-refractivity contribution in [1.29, 1.82) is 0 Å². The number of carboxylic acid groups (broad SMARTS) is 2. The number of allylic oxidation sites excluding steroid dienone is 1. The van der Waals surface area contributed by atoms with E-state index in [1.807, 2.05) is 36.4 Å². The van der Waals surface area contributed by atoms with Gasteiger partial charge in [0.05, 0.1) is 12.7 Å². The molecule has 0 aliphatic carbocycles. The number of methoxy groups -OCH3 is 1. The molecule has 0 fully saturated rings. The molecule has 0 aromatic heterocycles. The summed E-state index contributed by atoms with van der Waals surface area (Å²) in [6.07, 6.45) is 5.01. The molecule has 6 nitrogen and oxygen atoms in total. The molecule has 0 unspecified atom stereocenters. The molecular formula is C22H28O6. The van der Waals surface area contributed by atoms with Crippen LogP contribution in [-0.2, 0) is 19.1 Å². The molecule has 0 spiro atoms. The number of carbonyl (C=O) groups excluding carboxylic acids is 1. The summed E-state index contributed by atoms with van der Waals surface area (Å²) in [7, 11) is 1.33. The first-order valence-corrected chi connectivity index (χ1v) is 8.36. The van der Waals surface area contributed by atoms with Gasteiger partial charge in [0.15, 0.2) is 0 Å². The van der Waals surface area contributed by atoms with E-state index < -0.39 is 11.9 Å². The Morgan fingerprint density at radius 1 is 1.07 bits per heavy atom. The highest BCUT2D eigenvalue weighted by Crippen LogP contribution is 2.04. The summed E-state index contributed by atoms with van der Waals surface area (Å²) < 4.78 is 4.27. The summed E-state index contributed by atoms with van der Waals surface area (Å²) >= 11 is 0. The highest BCUT2D eigenvalue weighted by molar-refractivity contribution is 5.94. The molecule has 0 bridgehead atoms. The Bertz CT molecular complexity index is 727. The summed E-state index contributed by atoms with van der Waals surface area (Å²) in [6, 6.07) is 10.0. The third-order valence-electron chi connectivity index (χ3n) is 2.95. The number of rotatable bonds is 6. The van der Waals surface area contributed by atoms with Crippen LogP contribution in [0.4, 0.5) is 0 Å². The van der Waals surface area contributed by atoms with Crippen LogP contribution in [0.5, 0.6) is 0 Å². The van der Waals surface area contributed by atoms with Gasteiger partial charge in [-0.3, -0.25) is 0 Å². The van der Waals surface area contributed by atoms with Gasteiger partial charge in [0, 0.05) is 11.1 Å².